The van der Waals surface area contributed by atoms with Gasteiger partial charge in [-0.2, -0.15) is 0 Å². The van der Waals surface area contributed by atoms with Crippen LogP contribution in [0.15, 0.2) is 42.5 Å². The monoisotopic (exact) mass is 322 g/mol. The Balaban J connectivity index is 2.26. The molecule has 2 rings (SSSR count). The Hall–Kier alpha value is -1.71. The molecule has 0 radical (unpaired) electrons. The zero-order valence-electron chi connectivity index (χ0n) is 11.8. The van der Waals surface area contributed by atoms with Crippen LogP contribution in [0.4, 0.5) is 5.69 Å². The number of hydrogen-bond acceptors (Lipinski definition) is 2. The average molecular weight is 323 g/mol. The molecule has 2 aromatic carbocycles. The molecule has 3 nitrogen and oxygen atoms in total. The summed E-state index contributed by atoms with van der Waals surface area (Å²) in [6, 6.07) is 12.2. The van der Waals surface area contributed by atoms with Gasteiger partial charge in [0.1, 0.15) is 0 Å². The molecule has 0 saturated carbocycles. The molecule has 1 unspecified atom stereocenters. The van der Waals surface area contributed by atoms with Gasteiger partial charge in [0.25, 0.3) is 5.91 Å². The summed E-state index contributed by atoms with van der Waals surface area (Å²) in [5, 5.41) is 1.15. The molecule has 0 bridgehead atoms. The van der Waals surface area contributed by atoms with E-state index < -0.39 is 0 Å². The quantitative estimate of drug-likeness (QED) is 0.851. The van der Waals surface area contributed by atoms with Crippen molar-refractivity contribution in [3.05, 3.63) is 63.6 Å². The van der Waals surface area contributed by atoms with E-state index >= 15 is 0 Å². The van der Waals surface area contributed by atoms with Crippen molar-refractivity contribution in [1.82, 2.24) is 4.90 Å². The number of hydrogen-bond donors (Lipinski definition) is 1. The van der Waals surface area contributed by atoms with E-state index in [2.05, 4.69) is 0 Å². The van der Waals surface area contributed by atoms with Crippen LogP contribution < -0.4 is 5.73 Å². The van der Waals surface area contributed by atoms with Gasteiger partial charge in [-0.25, -0.2) is 0 Å². The number of halogens is 2. The van der Waals surface area contributed by atoms with E-state index in [1.165, 1.54) is 0 Å². The normalized spacial score (nSPS) is 12.0. The second kappa shape index (κ2) is 6.37. The van der Waals surface area contributed by atoms with E-state index in [-0.39, 0.29) is 11.9 Å². The fourth-order valence-electron chi connectivity index (χ4n) is 2.08. The fourth-order valence-corrected chi connectivity index (χ4v) is 2.46. The van der Waals surface area contributed by atoms with Crippen LogP contribution in [-0.4, -0.2) is 17.9 Å². The van der Waals surface area contributed by atoms with Gasteiger partial charge in [0.15, 0.2) is 0 Å². The molecule has 0 aliphatic carbocycles. The van der Waals surface area contributed by atoms with Crippen molar-refractivity contribution in [3.63, 3.8) is 0 Å². The lowest BCUT2D eigenvalue weighted by molar-refractivity contribution is 0.0743. The van der Waals surface area contributed by atoms with Crippen LogP contribution in [0.5, 0.6) is 0 Å². The van der Waals surface area contributed by atoms with Crippen LogP contribution in [-0.2, 0) is 0 Å². The summed E-state index contributed by atoms with van der Waals surface area (Å²) in [5.41, 5.74) is 7.65. The van der Waals surface area contributed by atoms with Gasteiger partial charge in [-0.3, -0.25) is 4.79 Å². The molecule has 0 aliphatic heterocycles. The first-order valence-electron chi connectivity index (χ1n) is 6.48. The molecule has 0 saturated heterocycles. The molecule has 0 aromatic heterocycles. The van der Waals surface area contributed by atoms with Crippen molar-refractivity contribution in [1.29, 1.82) is 0 Å². The summed E-state index contributed by atoms with van der Waals surface area (Å²) in [6.45, 7) is 1.94. The number of carbonyl (C=O) groups is 1. The van der Waals surface area contributed by atoms with E-state index in [0.29, 0.717) is 21.3 Å². The van der Waals surface area contributed by atoms with Crippen LogP contribution in [0.25, 0.3) is 0 Å². The van der Waals surface area contributed by atoms with Gasteiger partial charge in [0.2, 0.25) is 0 Å². The lowest BCUT2D eigenvalue weighted by Crippen LogP contribution is -2.30. The molecule has 0 spiro atoms. The van der Waals surface area contributed by atoms with Crippen molar-refractivity contribution >= 4 is 34.8 Å². The number of rotatable bonds is 3. The minimum atomic E-state index is -0.156. The van der Waals surface area contributed by atoms with Crippen LogP contribution in [0.3, 0.4) is 0 Å². The van der Waals surface area contributed by atoms with Gasteiger partial charge >= 0.3 is 0 Å². The number of nitrogens with two attached hydrogens (primary N) is 1. The van der Waals surface area contributed by atoms with Crippen molar-refractivity contribution < 1.29 is 4.79 Å². The summed E-state index contributed by atoms with van der Waals surface area (Å²) in [6.07, 6.45) is 0. The molecule has 0 aliphatic rings. The molecule has 5 heteroatoms. The summed E-state index contributed by atoms with van der Waals surface area (Å²) >= 11 is 11.9. The molecule has 0 fully saturated rings. The van der Waals surface area contributed by atoms with Gasteiger partial charge in [0, 0.05) is 22.8 Å². The summed E-state index contributed by atoms with van der Waals surface area (Å²) < 4.78 is 0. The number of carbonyl (C=O) groups excluding carboxylic acids is 1. The van der Waals surface area contributed by atoms with Crippen molar-refractivity contribution in [2.24, 2.45) is 0 Å². The SMILES string of the molecule is CC(c1cccc(Cl)c1)N(C)C(=O)c1ccc(Cl)cc1N. The first kappa shape index (κ1) is 15.7. The predicted molar refractivity (Wildman–Crippen MR) is 87.8 cm³/mol. The highest BCUT2D eigenvalue weighted by atomic mass is 35.5. The fraction of sp³-hybridized carbons (Fsp3) is 0.188. The van der Waals surface area contributed by atoms with Gasteiger partial charge in [-0.15, -0.1) is 0 Å². The molecule has 21 heavy (non-hydrogen) atoms. The number of amides is 1. The van der Waals surface area contributed by atoms with Crippen LogP contribution in [0.2, 0.25) is 10.0 Å². The molecular weight excluding hydrogens is 307 g/mol. The first-order chi connectivity index (χ1) is 9.90. The van der Waals surface area contributed by atoms with E-state index in [0.717, 1.165) is 5.56 Å². The van der Waals surface area contributed by atoms with E-state index in [1.807, 2.05) is 25.1 Å². The zero-order valence-corrected chi connectivity index (χ0v) is 13.3. The molecule has 2 N–H and O–H groups in total. The van der Waals surface area contributed by atoms with Gasteiger partial charge in [-0.05, 0) is 42.8 Å². The first-order valence-corrected chi connectivity index (χ1v) is 7.23. The number of anilines is 1. The maximum atomic E-state index is 12.5. The molecule has 1 atom stereocenters. The standard InChI is InChI=1S/C16H16Cl2N2O/c1-10(11-4-3-5-12(17)8-11)20(2)16(21)14-7-6-13(18)9-15(14)19/h3-10H,19H2,1-2H3. The Labute approximate surface area is 134 Å². The summed E-state index contributed by atoms with van der Waals surface area (Å²) in [5.74, 6) is -0.156. The Bertz CT molecular complexity index is 673. The lowest BCUT2D eigenvalue weighted by atomic mass is 10.1. The van der Waals surface area contributed by atoms with Crippen LogP contribution >= 0.6 is 23.2 Å². The second-order valence-corrected chi connectivity index (χ2v) is 5.75. The predicted octanol–water partition coefficient (Wildman–Crippen LogP) is 4.41. The Morgan fingerprint density at radius 2 is 1.81 bits per heavy atom. The van der Waals surface area contributed by atoms with Crippen LogP contribution in [0.1, 0.15) is 28.9 Å². The Morgan fingerprint density at radius 3 is 2.43 bits per heavy atom. The highest BCUT2D eigenvalue weighted by Gasteiger charge is 2.20. The summed E-state index contributed by atoms with van der Waals surface area (Å²) in [4.78, 5) is 14.2. The number of nitrogen functional groups attached to an aromatic ring is 1. The lowest BCUT2D eigenvalue weighted by Gasteiger charge is -2.26. The minimum absolute atomic E-state index is 0.119. The minimum Gasteiger partial charge on any atom is -0.398 e. The molecule has 1 amide bonds. The second-order valence-electron chi connectivity index (χ2n) is 4.88. The van der Waals surface area contributed by atoms with Gasteiger partial charge in [0.05, 0.1) is 11.6 Å². The van der Waals surface area contributed by atoms with Gasteiger partial charge in [-0.1, -0.05) is 35.3 Å². The molecule has 2 aromatic rings. The third-order valence-corrected chi connectivity index (χ3v) is 3.95. The Morgan fingerprint density at radius 1 is 1.14 bits per heavy atom. The van der Waals surface area contributed by atoms with E-state index in [9.17, 15) is 4.79 Å². The zero-order chi connectivity index (χ0) is 15.6. The van der Waals surface area contributed by atoms with Crippen molar-refractivity contribution in [2.75, 3.05) is 12.8 Å². The van der Waals surface area contributed by atoms with E-state index in [1.54, 1.807) is 36.2 Å². The third kappa shape index (κ3) is 3.49. The maximum absolute atomic E-state index is 12.5. The highest BCUT2D eigenvalue weighted by Crippen LogP contribution is 2.25. The molecule has 110 valence electrons. The highest BCUT2D eigenvalue weighted by molar-refractivity contribution is 6.31. The van der Waals surface area contributed by atoms with Crippen molar-refractivity contribution in [2.45, 2.75) is 13.0 Å². The maximum Gasteiger partial charge on any atom is 0.256 e. The largest absolute Gasteiger partial charge is 0.398 e. The number of nitrogens with zero attached hydrogens (tertiary/aromatic N) is 1. The average Bonchev–Trinajstić information content (AvgIpc) is 2.45. The summed E-state index contributed by atoms with van der Waals surface area (Å²) in [7, 11) is 1.74. The molecular formula is C16H16Cl2N2O. The molecule has 0 heterocycles. The Kier molecular flexibility index (Phi) is 4.76. The van der Waals surface area contributed by atoms with Gasteiger partial charge < -0.3 is 10.6 Å². The number of benzene rings is 2. The topological polar surface area (TPSA) is 46.3 Å². The van der Waals surface area contributed by atoms with Crippen molar-refractivity contribution in [3.8, 4) is 0 Å². The van der Waals surface area contributed by atoms with E-state index in [4.69, 9.17) is 28.9 Å². The smallest absolute Gasteiger partial charge is 0.256 e. The third-order valence-electron chi connectivity index (χ3n) is 3.48. The van der Waals surface area contributed by atoms with Crippen LogP contribution in [0, 0.1) is 0 Å².